The fraction of sp³-hybridized carbons (Fsp3) is 0.0435. The van der Waals surface area contributed by atoms with Crippen LogP contribution in [0, 0.1) is 20.8 Å². The summed E-state index contributed by atoms with van der Waals surface area (Å²) in [7, 11) is 0. The Morgan fingerprint density at radius 2 is 1.82 bits per heavy atom. The third-order valence-corrected chi connectivity index (χ3v) is 7.21. The van der Waals surface area contributed by atoms with Crippen LogP contribution >= 0.6 is 79.4 Å². The van der Waals surface area contributed by atoms with Crippen LogP contribution in [0.5, 0.6) is 5.75 Å². The Morgan fingerprint density at radius 1 is 1.09 bits per heavy atom. The van der Waals surface area contributed by atoms with Crippen molar-refractivity contribution in [2.75, 3.05) is 0 Å². The first-order chi connectivity index (χ1) is 16.2. The largest absolute Gasteiger partial charge is 0.487 e. The molecule has 0 saturated heterocycles. The Bertz CT molecular complexity index is 1370. The molecule has 0 saturated carbocycles. The number of rotatable bonds is 6. The molecular weight excluding hydrogens is 800 g/mol. The number of cyclic esters (lactones) is 1. The van der Waals surface area contributed by atoms with Crippen molar-refractivity contribution in [3.63, 3.8) is 0 Å². The highest BCUT2D eigenvalue weighted by Gasteiger charge is 2.26. The third kappa shape index (κ3) is 5.88. The van der Waals surface area contributed by atoms with E-state index in [9.17, 15) is 14.9 Å². The lowest BCUT2D eigenvalue weighted by Gasteiger charge is -2.11. The summed E-state index contributed by atoms with van der Waals surface area (Å²) in [6.07, 6.45) is 1.64. The van der Waals surface area contributed by atoms with Crippen LogP contribution in [-0.2, 0) is 16.1 Å². The van der Waals surface area contributed by atoms with Gasteiger partial charge in [-0.25, -0.2) is 9.79 Å². The molecule has 0 unspecified atom stereocenters. The number of halogens is 4. The van der Waals surface area contributed by atoms with Crippen molar-refractivity contribution in [1.82, 2.24) is 0 Å². The summed E-state index contributed by atoms with van der Waals surface area (Å²) in [6.45, 7) is 0.185. The van der Waals surface area contributed by atoms with Gasteiger partial charge in [-0.1, -0.05) is 23.7 Å². The highest BCUT2D eigenvalue weighted by atomic mass is 127. The van der Waals surface area contributed by atoms with Gasteiger partial charge in [-0.15, -0.1) is 0 Å². The molecule has 0 aromatic heterocycles. The minimum absolute atomic E-state index is 0.0161. The Hall–Kier alpha value is -1.78. The van der Waals surface area contributed by atoms with E-state index in [0.29, 0.717) is 21.9 Å². The molecule has 34 heavy (non-hydrogen) atoms. The second-order valence-electron chi connectivity index (χ2n) is 6.99. The highest BCUT2D eigenvalue weighted by Crippen LogP contribution is 2.32. The van der Waals surface area contributed by atoms with Gasteiger partial charge in [0.15, 0.2) is 5.70 Å². The molecule has 0 aliphatic carbocycles. The van der Waals surface area contributed by atoms with Crippen LogP contribution in [0.4, 0.5) is 5.69 Å². The summed E-state index contributed by atoms with van der Waals surface area (Å²) in [5.41, 5.74) is 2.18. The number of esters is 1. The fourth-order valence-electron chi connectivity index (χ4n) is 3.06. The van der Waals surface area contributed by atoms with E-state index in [-0.39, 0.29) is 23.9 Å². The van der Waals surface area contributed by atoms with Gasteiger partial charge in [-0.2, -0.15) is 0 Å². The van der Waals surface area contributed by atoms with Gasteiger partial charge in [0.2, 0.25) is 5.90 Å². The Kier molecular flexibility index (Phi) is 8.09. The number of carbonyl (C=O) groups is 1. The van der Waals surface area contributed by atoms with E-state index in [2.05, 4.69) is 72.8 Å². The first-order valence-electron chi connectivity index (χ1n) is 9.54. The molecule has 1 aliphatic heterocycles. The molecule has 4 rings (SSSR count). The lowest BCUT2D eigenvalue weighted by Crippen LogP contribution is -2.06. The molecule has 0 N–H and O–H groups in total. The maximum Gasteiger partial charge on any atom is 0.363 e. The standard InChI is InChI=1S/C23H12ClI3N2O5/c24-17-5-4-14(25)10-16(17)22-28-20(23(30)34-22)9-13-7-18(26)21(19(27)8-13)33-11-12-2-1-3-15(6-12)29(31)32/h1-10H,11H2/b20-9-. The van der Waals surface area contributed by atoms with Gasteiger partial charge in [-0.05, 0) is 115 Å². The van der Waals surface area contributed by atoms with E-state index in [4.69, 9.17) is 21.1 Å². The maximum absolute atomic E-state index is 12.4. The third-order valence-electron chi connectivity index (χ3n) is 4.61. The van der Waals surface area contributed by atoms with Crippen LogP contribution in [0.2, 0.25) is 5.02 Å². The lowest BCUT2D eigenvalue weighted by atomic mass is 10.2. The number of hydrogen-bond acceptors (Lipinski definition) is 6. The molecule has 1 aliphatic rings. The number of nitro groups is 1. The van der Waals surface area contributed by atoms with Crippen molar-refractivity contribution in [3.05, 3.63) is 103 Å². The zero-order chi connectivity index (χ0) is 24.4. The number of benzene rings is 3. The number of nitrogens with zero attached hydrogens (tertiary/aromatic N) is 2. The summed E-state index contributed by atoms with van der Waals surface area (Å²) < 4.78 is 13.9. The lowest BCUT2D eigenvalue weighted by molar-refractivity contribution is -0.384. The molecule has 3 aromatic rings. The Morgan fingerprint density at radius 3 is 2.53 bits per heavy atom. The Labute approximate surface area is 240 Å². The SMILES string of the molecule is O=C1OC(c2cc(I)ccc2Cl)=N/C1=C\c1cc(I)c(OCc2cccc([N+](=O)[O-])c2)c(I)c1. The molecule has 0 bridgehead atoms. The molecular formula is C23H12ClI3N2O5. The molecule has 0 fully saturated rings. The number of non-ortho nitro benzene ring substituents is 1. The minimum Gasteiger partial charge on any atom is -0.487 e. The van der Waals surface area contributed by atoms with E-state index in [1.807, 2.05) is 18.2 Å². The molecule has 0 amide bonds. The summed E-state index contributed by atoms with van der Waals surface area (Å²) >= 11 is 12.7. The number of hydrogen-bond donors (Lipinski definition) is 0. The van der Waals surface area contributed by atoms with Gasteiger partial charge >= 0.3 is 5.97 Å². The second-order valence-corrected chi connectivity index (χ2v) is 11.0. The van der Waals surface area contributed by atoms with Gasteiger partial charge in [-0.3, -0.25) is 10.1 Å². The molecule has 1 heterocycles. The molecule has 3 aromatic carbocycles. The zero-order valence-corrected chi connectivity index (χ0v) is 24.2. The molecule has 11 heteroatoms. The van der Waals surface area contributed by atoms with E-state index >= 15 is 0 Å². The molecule has 172 valence electrons. The fourth-order valence-corrected chi connectivity index (χ4v) is 5.88. The minimum atomic E-state index is -0.555. The molecule has 0 atom stereocenters. The van der Waals surface area contributed by atoms with E-state index in [0.717, 1.165) is 16.3 Å². The highest BCUT2D eigenvalue weighted by molar-refractivity contribution is 14.1. The van der Waals surface area contributed by atoms with Crippen LogP contribution in [0.3, 0.4) is 0 Å². The van der Waals surface area contributed by atoms with Crippen LogP contribution in [0.1, 0.15) is 16.7 Å². The van der Waals surface area contributed by atoms with Crippen LogP contribution in [-0.4, -0.2) is 16.8 Å². The van der Waals surface area contributed by atoms with Crippen molar-refractivity contribution in [2.45, 2.75) is 6.61 Å². The first-order valence-corrected chi connectivity index (χ1v) is 13.2. The average Bonchev–Trinajstić information content (AvgIpc) is 3.15. The van der Waals surface area contributed by atoms with E-state index < -0.39 is 10.9 Å². The zero-order valence-electron chi connectivity index (χ0n) is 16.9. The van der Waals surface area contributed by atoms with Crippen LogP contribution in [0.15, 0.2) is 65.3 Å². The second kappa shape index (κ2) is 10.9. The van der Waals surface area contributed by atoms with Gasteiger partial charge in [0, 0.05) is 15.7 Å². The molecule has 0 radical (unpaired) electrons. The van der Waals surface area contributed by atoms with Gasteiger partial charge < -0.3 is 9.47 Å². The van der Waals surface area contributed by atoms with Crippen LogP contribution < -0.4 is 4.74 Å². The monoisotopic (exact) mass is 812 g/mol. The van der Waals surface area contributed by atoms with Crippen molar-refractivity contribution in [2.24, 2.45) is 4.99 Å². The van der Waals surface area contributed by atoms with E-state index in [1.165, 1.54) is 12.1 Å². The average molecular weight is 813 g/mol. The van der Waals surface area contributed by atoms with Gasteiger partial charge in [0.1, 0.15) is 12.4 Å². The maximum atomic E-state index is 12.4. The summed E-state index contributed by atoms with van der Waals surface area (Å²) in [5.74, 6) is 0.265. The van der Waals surface area contributed by atoms with Gasteiger partial charge in [0.25, 0.3) is 5.69 Å². The smallest absolute Gasteiger partial charge is 0.363 e. The number of ether oxygens (including phenoxy) is 2. The van der Waals surface area contributed by atoms with Crippen LogP contribution in [0.25, 0.3) is 6.08 Å². The van der Waals surface area contributed by atoms with E-state index in [1.54, 1.807) is 30.3 Å². The normalized spacial score (nSPS) is 14.2. The first kappa shape index (κ1) is 25.3. The van der Waals surface area contributed by atoms with Crippen molar-refractivity contribution in [3.8, 4) is 5.75 Å². The molecule has 7 nitrogen and oxygen atoms in total. The van der Waals surface area contributed by atoms with Crippen molar-refractivity contribution >= 4 is 103 Å². The van der Waals surface area contributed by atoms with Crippen molar-refractivity contribution in [1.29, 1.82) is 0 Å². The number of carbonyl (C=O) groups excluding carboxylic acids is 1. The summed E-state index contributed by atoms with van der Waals surface area (Å²) in [6, 6.07) is 15.4. The predicted molar refractivity (Wildman–Crippen MR) is 154 cm³/mol. The summed E-state index contributed by atoms with van der Waals surface area (Å²) in [5, 5.41) is 11.4. The van der Waals surface area contributed by atoms with Gasteiger partial charge in [0.05, 0.1) is 22.6 Å². The quantitative estimate of drug-likeness (QED) is 0.0882. The molecule has 0 spiro atoms. The Balaban J connectivity index is 1.56. The summed E-state index contributed by atoms with van der Waals surface area (Å²) in [4.78, 5) is 27.3. The number of aliphatic imine (C=N–C) groups is 1. The van der Waals surface area contributed by atoms with Crippen molar-refractivity contribution < 1.29 is 19.2 Å². The topological polar surface area (TPSA) is 91.0 Å². The number of nitro benzene ring substituents is 1. The predicted octanol–water partition coefficient (Wildman–Crippen LogP) is 6.99.